The topological polar surface area (TPSA) is 500 Å². The van der Waals surface area contributed by atoms with Crippen LogP contribution in [0, 0.1) is 29.6 Å². The van der Waals surface area contributed by atoms with E-state index in [9.17, 15) is 60.2 Å². The first kappa shape index (κ1) is 113. The molecular formula is C105H159N21O22S2. The molecule has 15 fully saturated rings. The number of carbonyl (C=O) groups is 7. The lowest BCUT2D eigenvalue weighted by molar-refractivity contribution is -0.929. The second-order valence-corrected chi connectivity index (χ2v) is 45.7. The molecule has 4 aromatic heterocycles. The molecule has 4 aliphatic carbocycles. The van der Waals surface area contributed by atoms with Crippen LogP contribution in [0.5, 0.6) is 0 Å². The quantitative estimate of drug-likeness (QED) is 0.0119. The molecule has 0 spiro atoms. The SMILES string of the molecule is CCCC[N+](CCCC)(CCCC)CCCC.O=C(CCCC1CCC1)CNC(=O)C1CC[C@@H]2CN1C(=O)N2OCc1ccccc1.O=C1N(O)[C@@H]2CC[C@@H](c3nnc(CCCC4CCC4)o3)N1C2.O=C1N2C[C@@H](CC[C@H]2c2nnc(CCCC3CCC3)o2)N1OCc1ccccc1.O=C1N2C[C@@H](CC[C@H]2c2nnc(CCCC3CCC3)o2)N1OS(=O)(=O)[O-].O=C1N2C[C@@H](CC[C@H]2c2nnc(CCCC3CNC3)o2)N1OS(=O)(=O)O. The van der Waals surface area contributed by atoms with Crippen LogP contribution in [0.1, 0.15) is 373 Å². The van der Waals surface area contributed by atoms with Crippen molar-refractivity contribution >= 4 is 62.6 Å². The van der Waals surface area contributed by atoms with Gasteiger partial charge in [0, 0.05) is 64.8 Å². The third-order valence-electron chi connectivity index (χ3n) is 33.0. The molecule has 43 nitrogen and oxygen atoms in total. The zero-order valence-corrected chi connectivity index (χ0v) is 89.7. The van der Waals surface area contributed by atoms with Gasteiger partial charge in [0.2, 0.25) is 63.4 Å². The van der Waals surface area contributed by atoms with Gasteiger partial charge in [-0.2, -0.15) is 33.0 Å². The van der Waals surface area contributed by atoms with Crippen molar-refractivity contribution in [3.8, 4) is 0 Å². The van der Waals surface area contributed by atoms with E-state index in [-0.39, 0.29) is 79.6 Å². The van der Waals surface area contributed by atoms with E-state index >= 15 is 0 Å². The highest BCUT2D eigenvalue weighted by Gasteiger charge is 2.54. The fourth-order valence-electron chi connectivity index (χ4n) is 23.1. The summed E-state index contributed by atoms with van der Waals surface area (Å²) in [6.45, 7) is 20.2. The summed E-state index contributed by atoms with van der Waals surface area (Å²) in [7, 11) is -9.74. The van der Waals surface area contributed by atoms with Crippen LogP contribution in [0.4, 0.5) is 24.0 Å². The second-order valence-electron chi connectivity index (χ2n) is 43.8. The monoisotopic (exact) mass is 2130 g/mol. The zero-order chi connectivity index (χ0) is 105. The maximum Gasteiger partial charge on any atom is 0.418 e. The van der Waals surface area contributed by atoms with Crippen LogP contribution >= 0.6 is 0 Å². The summed E-state index contributed by atoms with van der Waals surface area (Å²) in [5.74, 6) is 8.25. The Balaban J connectivity index is 0.000000129. The number of ketones is 1. The molecule has 11 aliphatic heterocycles. The molecular weight excluding hydrogens is 1970 g/mol. The van der Waals surface area contributed by atoms with Crippen molar-refractivity contribution in [2.75, 3.05) is 78.5 Å². The molecule has 45 heteroatoms. The average molecular weight is 2130 g/mol. The number of fused-ring (bicyclic) bond motifs is 10. The minimum absolute atomic E-state index is 0.0293. The number of hydroxylamine groups is 10. The molecule has 2 aromatic carbocycles. The first-order chi connectivity index (χ1) is 72.7. The van der Waals surface area contributed by atoms with Gasteiger partial charge in [0.1, 0.15) is 43.4 Å². The summed E-state index contributed by atoms with van der Waals surface area (Å²) >= 11 is 0. The second kappa shape index (κ2) is 54.2. The minimum atomic E-state index is -4.99. The van der Waals surface area contributed by atoms with Crippen molar-refractivity contribution in [3.63, 3.8) is 0 Å². The van der Waals surface area contributed by atoms with Gasteiger partial charge in [0.15, 0.2) is 5.78 Å². The maximum absolute atomic E-state index is 12.9. The van der Waals surface area contributed by atoms with Gasteiger partial charge in [-0.3, -0.25) is 29.0 Å². The molecule has 4 saturated carbocycles. The number of carbonyl (C=O) groups excluding carboxylic acids is 7. The Morgan fingerprint density at radius 2 is 0.733 bits per heavy atom. The number of hydrogen-bond acceptors (Lipinski definition) is 30. The fourth-order valence-corrected chi connectivity index (χ4v) is 23.9. The fraction of sp³-hybridized carbons (Fsp3) is 0.743. The molecule has 10 bridgehead atoms. The van der Waals surface area contributed by atoms with Gasteiger partial charge in [-0.25, -0.2) is 37.5 Å². The Labute approximate surface area is 881 Å². The number of rotatable bonds is 49. The van der Waals surface area contributed by atoms with Gasteiger partial charge in [0.25, 0.3) is 0 Å². The van der Waals surface area contributed by atoms with Gasteiger partial charge in [-0.05, 0) is 201 Å². The number of aryl methyl sites for hydroxylation is 4. The number of Topliss-reactive ketones (excluding diaryl/α,β-unsaturated/α-hetero) is 1. The van der Waals surface area contributed by atoms with Gasteiger partial charge in [-0.15, -0.1) is 45.1 Å². The number of nitrogens with zero attached hydrogens (tertiary/aromatic N) is 19. The molecule has 828 valence electrons. The zero-order valence-electron chi connectivity index (χ0n) is 88.0. The van der Waals surface area contributed by atoms with E-state index in [4.69, 9.17) is 31.9 Å². The van der Waals surface area contributed by atoms with Crippen LogP contribution < -0.4 is 10.6 Å². The van der Waals surface area contributed by atoms with E-state index in [0.717, 1.165) is 149 Å². The third-order valence-corrected chi connectivity index (χ3v) is 33.7. The number of piperidine rings is 5. The number of nitrogens with one attached hydrogen (secondary N) is 2. The lowest BCUT2D eigenvalue weighted by atomic mass is 9.82. The van der Waals surface area contributed by atoms with Crippen LogP contribution in [0.25, 0.3) is 0 Å². The Hall–Kier alpha value is -9.97. The van der Waals surface area contributed by atoms with Crippen molar-refractivity contribution < 1.29 is 105 Å². The predicted molar refractivity (Wildman–Crippen MR) is 543 cm³/mol. The molecule has 10 atom stereocenters. The van der Waals surface area contributed by atoms with Crippen LogP contribution in [-0.4, -0.2) is 283 Å². The summed E-state index contributed by atoms with van der Waals surface area (Å²) in [6, 6.07) is 15.0. The third kappa shape index (κ3) is 30.4. The van der Waals surface area contributed by atoms with Crippen LogP contribution in [0.2, 0.25) is 0 Å². The van der Waals surface area contributed by atoms with Gasteiger partial charge >= 0.3 is 40.6 Å². The number of unbranched alkanes of at least 4 members (excludes halogenated alkanes) is 4. The van der Waals surface area contributed by atoms with Crippen molar-refractivity contribution in [2.24, 2.45) is 29.6 Å². The van der Waals surface area contributed by atoms with Gasteiger partial charge in [0.05, 0.1) is 62.9 Å². The minimum Gasteiger partial charge on any atom is -0.724 e. The summed E-state index contributed by atoms with van der Waals surface area (Å²) in [5.41, 5.74) is 2.05. The standard InChI is InChI=1S/C23H31N3O4.C22H28N4O3.C16H36N.C15H22N4O6S.C15H22N4O3.C14H21N5O6S/c27-20(11-5-10-17-8-4-9-17)14-24-22(28)21-13-12-19-15-25(21)23(29)26(19)30-16-18-6-2-1-3-7-18;27-22-25-14-18(26(22)28-15-17-6-2-1-3-7-17)12-13-19(25)21-24-23-20(29-21)11-5-10-16-8-4-9-16;1-5-9-13-17(14-10-6-2,15-11-7-3)16-12-8-4;20-15-18-9-11(19(15)25-26(21,22)23)7-8-12(18)14-17-16-13(24-14)6-2-5-10-3-1-4-10;20-15-18-9-11(19(15)21)7-8-12(18)14-17-16-13(22-14)6-2-5-10-3-1-4-10;20-14-18-8-10(19(14)25-26(21,22)23)4-5-11(18)13-17-16-12(24-13)3-1-2-9-6-15-7-9/h1-3,6-7,17,19,21H,4-5,8-16H2,(H,24,28);1-3,6-7,16,18-19H,4-5,8-15H2;5-16H2,1-4H3;10-12H,1-9H2,(H,21,22,23);10-12,21H,1-9H2;9-11,15H,1-8H2,(H,21,22,23)/q;;+1;;;/p-1/t19-,21?;18-,19+;;2*11-,12+;10-,11+/m11.111/s1. The van der Waals surface area contributed by atoms with Crippen molar-refractivity contribution in [3.05, 3.63) is 119 Å². The Morgan fingerprint density at radius 3 is 1.09 bits per heavy atom. The first-order valence-electron chi connectivity index (χ1n) is 56.2. The number of aromatic nitrogens is 8. The Morgan fingerprint density at radius 1 is 0.407 bits per heavy atom. The van der Waals surface area contributed by atoms with E-state index in [2.05, 4.69) is 87.7 Å². The van der Waals surface area contributed by atoms with E-state index in [0.29, 0.717) is 141 Å². The van der Waals surface area contributed by atoms with Crippen LogP contribution in [-0.2, 0) is 87.5 Å². The highest BCUT2D eigenvalue weighted by molar-refractivity contribution is 7.81. The molecule has 0 radical (unpaired) electrons. The van der Waals surface area contributed by atoms with Crippen molar-refractivity contribution in [1.82, 2.24) is 101 Å². The lowest BCUT2D eigenvalue weighted by Crippen LogP contribution is -2.50. The maximum atomic E-state index is 12.9. The van der Waals surface area contributed by atoms with Crippen molar-refractivity contribution in [2.45, 2.75) is 390 Å². The average Bonchev–Trinajstić information content (AvgIpc) is 1.63. The highest BCUT2D eigenvalue weighted by atomic mass is 32.3. The normalized spacial score (nSPS) is 24.0. The summed E-state index contributed by atoms with van der Waals surface area (Å²) in [5, 5.41) is 53.9. The number of benzene rings is 2. The van der Waals surface area contributed by atoms with Crippen LogP contribution in [0.3, 0.4) is 0 Å². The van der Waals surface area contributed by atoms with E-state index in [1.54, 1.807) is 14.9 Å². The van der Waals surface area contributed by atoms with Gasteiger partial charge in [-0.1, -0.05) is 198 Å². The Kier molecular flexibility index (Phi) is 40.7. The van der Waals surface area contributed by atoms with Crippen LogP contribution in [0.15, 0.2) is 78.3 Å². The van der Waals surface area contributed by atoms with E-state index in [1.807, 2.05) is 65.6 Å². The number of amides is 11. The van der Waals surface area contributed by atoms with Gasteiger partial charge < -0.3 is 61.8 Å². The van der Waals surface area contributed by atoms with Crippen molar-refractivity contribution in [1.29, 1.82) is 0 Å². The largest absolute Gasteiger partial charge is 0.724 e. The number of quaternary nitrogens is 1. The number of hydrogen-bond donors (Lipinski definition) is 4. The first-order valence-corrected chi connectivity index (χ1v) is 58.8. The Bertz CT molecular complexity index is 5360. The smallest absolute Gasteiger partial charge is 0.418 e. The predicted octanol–water partition coefficient (Wildman–Crippen LogP) is 16.6. The number of urea groups is 5. The molecule has 15 heterocycles. The molecule has 4 N–H and O–H groups in total. The van der Waals surface area contributed by atoms with E-state index in [1.165, 1.54) is 193 Å². The van der Waals surface area contributed by atoms with E-state index < -0.39 is 63.1 Å². The summed E-state index contributed by atoms with van der Waals surface area (Å²) < 4.78 is 96.5. The summed E-state index contributed by atoms with van der Waals surface area (Å²) in [4.78, 5) is 107. The molecule has 1 unspecified atom stereocenters. The molecule has 150 heavy (non-hydrogen) atoms. The summed E-state index contributed by atoms with van der Waals surface area (Å²) in [6.07, 6.45) is 48.3. The molecule has 11 amide bonds. The highest BCUT2D eigenvalue weighted by Crippen LogP contribution is 2.45. The molecule has 11 saturated heterocycles. The molecule has 15 aliphatic rings. The lowest BCUT2D eigenvalue weighted by Gasteiger charge is -2.39. The molecule has 6 aromatic rings. The molecule has 21 rings (SSSR count).